The molecule has 3 aromatic rings. The third-order valence-corrected chi connectivity index (χ3v) is 7.16. The predicted molar refractivity (Wildman–Crippen MR) is 140 cm³/mol. The molecular formula is C30H32N2O3. The minimum atomic E-state index is -0.639. The molecule has 0 aromatic heterocycles. The third-order valence-electron chi connectivity index (χ3n) is 7.16. The van der Waals surface area contributed by atoms with Gasteiger partial charge in [-0.15, -0.1) is 0 Å². The molecule has 0 saturated carbocycles. The van der Waals surface area contributed by atoms with Crippen LogP contribution in [0.3, 0.4) is 0 Å². The van der Waals surface area contributed by atoms with Gasteiger partial charge in [-0.3, -0.25) is 4.79 Å². The van der Waals surface area contributed by atoms with Crippen LogP contribution in [0.4, 0.5) is 5.69 Å². The first-order valence-corrected chi connectivity index (χ1v) is 12.3. The summed E-state index contributed by atoms with van der Waals surface area (Å²) in [7, 11) is 0. The van der Waals surface area contributed by atoms with Crippen LogP contribution in [0.25, 0.3) is 6.08 Å². The van der Waals surface area contributed by atoms with Crippen LogP contribution in [0.15, 0.2) is 78.9 Å². The summed E-state index contributed by atoms with van der Waals surface area (Å²) < 4.78 is 12.0. The maximum Gasteiger partial charge on any atom is 0.223 e. The quantitative estimate of drug-likeness (QED) is 0.484. The standard InChI is InChI=1S/C30H32N2O3/c1-4-34-27-20-22(14-15-26(27)35-21-23-10-6-5-7-11-23)16-18-30-29(2,3)24-12-8-9-13-25(24)32(30)19-17-28(33)31-30/h5-16,18,20H,4,17,19,21H2,1-3H3,(H,31,33)/b18-16+/t30-/m1/s1. The number of para-hydroxylation sites is 1. The van der Waals surface area contributed by atoms with Gasteiger partial charge >= 0.3 is 0 Å². The van der Waals surface area contributed by atoms with Crippen LogP contribution < -0.4 is 19.7 Å². The van der Waals surface area contributed by atoms with Gasteiger partial charge in [0.05, 0.1) is 6.61 Å². The van der Waals surface area contributed by atoms with E-state index in [0.717, 1.165) is 11.1 Å². The molecule has 1 amide bonds. The highest BCUT2D eigenvalue weighted by Crippen LogP contribution is 2.52. The minimum absolute atomic E-state index is 0.0754. The molecule has 2 aliphatic rings. The molecule has 5 heteroatoms. The van der Waals surface area contributed by atoms with Crippen LogP contribution in [-0.2, 0) is 16.8 Å². The van der Waals surface area contributed by atoms with E-state index in [1.165, 1.54) is 11.3 Å². The van der Waals surface area contributed by atoms with Gasteiger partial charge in [-0.25, -0.2) is 0 Å². The van der Waals surface area contributed by atoms with Gasteiger partial charge in [-0.05, 0) is 47.9 Å². The molecule has 35 heavy (non-hydrogen) atoms. The molecule has 1 N–H and O–H groups in total. The first kappa shape index (κ1) is 23.0. The number of carbonyl (C=O) groups excluding carboxylic acids is 1. The number of benzene rings is 3. The average molecular weight is 469 g/mol. The maximum atomic E-state index is 12.6. The summed E-state index contributed by atoms with van der Waals surface area (Å²) in [6.07, 6.45) is 4.71. The van der Waals surface area contributed by atoms with E-state index in [4.69, 9.17) is 9.47 Å². The van der Waals surface area contributed by atoms with E-state index in [1.807, 2.05) is 55.5 Å². The second kappa shape index (κ2) is 9.14. The number of nitrogens with zero attached hydrogens (tertiary/aromatic N) is 1. The summed E-state index contributed by atoms with van der Waals surface area (Å²) in [6, 6.07) is 24.5. The van der Waals surface area contributed by atoms with E-state index in [0.29, 0.717) is 37.7 Å². The summed E-state index contributed by atoms with van der Waals surface area (Å²) in [5.41, 5.74) is 3.57. The van der Waals surface area contributed by atoms with E-state index in [-0.39, 0.29) is 11.3 Å². The molecule has 0 bridgehead atoms. The Morgan fingerprint density at radius 1 is 0.971 bits per heavy atom. The van der Waals surface area contributed by atoms with Gasteiger partial charge in [0, 0.05) is 24.1 Å². The molecule has 5 rings (SSSR count). The second-order valence-electron chi connectivity index (χ2n) is 9.61. The summed E-state index contributed by atoms with van der Waals surface area (Å²) in [4.78, 5) is 15.0. The zero-order valence-corrected chi connectivity index (χ0v) is 20.6. The smallest absolute Gasteiger partial charge is 0.223 e. The average Bonchev–Trinajstić information content (AvgIpc) is 3.06. The van der Waals surface area contributed by atoms with E-state index in [2.05, 4.69) is 60.5 Å². The van der Waals surface area contributed by atoms with Gasteiger partial charge in [0.1, 0.15) is 12.3 Å². The Hall–Kier alpha value is -3.73. The molecule has 0 aliphatic carbocycles. The zero-order chi connectivity index (χ0) is 24.5. The molecule has 2 heterocycles. The van der Waals surface area contributed by atoms with Crippen molar-refractivity contribution in [1.82, 2.24) is 5.32 Å². The van der Waals surface area contributed by atoms with Crippen molar-refractivity contribution in [2.45, 2.75) is 44.9 Å². The Balaban J connectivity index is 1.46. The first-order chi connectivity index (χ1) is 16.9. The summed E-state index contributed by atoms with van der Waals surface area (Å²) in [6.45, 7) is 8.09. The van der Waals surface area contributed by atoms with Crippen LogP contribution in [0.5, 0.6) is 11.5 Å². The molecule has 0 radical (unpaired) electrons. The van der Waals surface area contributed by atoms with Gasteiger partial charge in [-0.1, -0.05) is 74.5 Å². The highest BCUT2D eigenvalue weighted by atomic mass is 16.5. The lowest BCUT2D eigenvalue weighted by molar-refractivity contribution is -0.124. The maximum absolute atomic E-state index is 12.6. The fourth-order valence-electron chi connectivity index (χ4n) is 5.29. The largest absolute Gasteiger partial charge is 0.490 e. The molecule has 3 aromatic carbocycles. The van der Waals surface area contributed by atoms with Crippen LogP contribution in [-0.4, -0.2) is 24.7 Å². The number of hydrogen-bond acceptors (Lipinski definition) is 4. The topological polar surface area (TPSA) is 50.8 Å². The lowest BCUT2D eigenvalue weighted by Gasteiger charge is -2.49. The third kappa shape index (κ3) is 4.05. The van der Waals surface area contributed by atoms with Gasteiger partial charge in [0.2, 0.25) is 5.91 Å². The summed E-state index contributed by atoms with van der Waals surface area (Å²) in [5.74, 6) is 1.50. The highest BCUT2D eigenvalue weighted by molar-refractivity contribution is 5.84. The predicted octanol–water partition coefficient (Wildman–Crippen LogP) is 5.69. The van der Waals surface area contributed by atoms with Crippen molar-refractivity contribution in [3.63, 3.8) is 0 Å². The SMILES string of the molecule is CCOc1cc(/C=C/[C@@]23NC(=O)CCN2c2ccccc2C3(C)C)ccc1OCc1ccccc1. The van der Waals surface area contributed by atoms with E-state index < -0.39 is 5.66 Å². The van der Waals surface area contributed by atoms with Crippen molar-refractivity contribution in [3.05, 3.63) is 95.6 Å². The van der Waals surface area contributed by atoms with Crippen molar-refractivity contribution >= 4 is 17.7 Å². The van der Waals surface area contributed by atoms with E-state index in [9.17, 15) is 4.79 Å². The van der Waals surface area contributed by atoms with Crippen LogP contribution in [0, 0.1) is 0 Å². The lowest BCUT2D eigenvalue weighted by Crippen LogP contribution is -2.68. The molecule has 1 atom stereocenters. The lowest BCUT2D eigenvalue weighted by atomic mass is 9.74. The van der Waals surface area contributed by atoms with Crippen LogP contribution in [0.1, 0.15) is 43.9 Å². The molecule has 180 valence electrons. The van der Waals surface area contributed by atoms with Crippen molar-refractivity contribution < 1.29 is 14.3 Å². The number of anilines is 1. The number of amides is 1. The van der Waals surface area contributed by atoms with Gasteiger partial charge < -0.3 is 19.7 Å². The van der Waals surface area contributed by atoms with Gasteiger partial charge in [0.15, 0.2) is 11.5 Å². The monoisotopic (exact) mass is 468 g/mol. The summed E-state index contributed by atoms with van der Waals surface area (Å²) in [5, 5.41) is 3.33. The normalized spacial score (nSPS) is 20.3. The molecule has 1 fully saturated rings. The second-order valence-corrected chi connectivity index (χ2v) is 9.61. The number of carbonyl (C=O) groups is 1. The van der Waals surface area contributed by atoms with Crippen LogP contribution in [0.2, 0.25) is 0 Å². The number of nitrogens with one attached hydrogen (secondary N) is 1. The number of ether oxygens (including phenoxy) is 2. The Morgan fingerprint density at radius 2 is 1.74 bits per heavy atom. The van der Waals surface area contributed by atoms with E-state index in [1.54, 1.807) is 0 Å². The molecule has 0 unspecified atom stereocenters. The summed E-state index contributed by atoms with van der Waals surface area (Å²) >= 11 is 0. The Morgan fingerprint density at radius 3 is 2.54 bits per heavy atom. The fourth-order valence-corrected chi connectivity index (χ4v) is 5.29. The number of rotatable bonds is 7. The Bertz CT molecular complexity index is 1250. The molecular weight excluding hydrogens is 436 g/mol. The van der Waals surface area contributed by atoms with Crippen molar-refractivity contribution in [2.24, 2.45) is 0 Å². The molecule has 2 aliphatic heterocycles. The number of hydrogen-bond donors (Lipinski definition) is 1. The number of fused-ring (bicyclic) bond motifs is 3. The first-order valence-electron chi connectivity index (χ1n) is 12.3. The van der Waals surface area contributed by atoms with Gasteiger partial charge in [-0.2, -0.15) is 0 Å². The van der Waals surface area contributed by atoms with Crippen LogP contribution >= 0.6 is 0 Å². The zero-order valence-electron chi connectivity index (χ0n) is 20.6. The van der Waals surface area contributed by atoms with Crippen molar-refractivity contribution in [1.29, 1.82) is 0 Å². The van der Waals surface area contributed by atoms with E-state index >= 15 is 0 Å². The molecule has 0 spiro atoms. The van der Waals surface area contributed by atoms with Crippen molar-refractivity contribution in [3.8, 4) is 11.5 Å². The minimum Gasteiger partial charge on any atom is -0.490 e. The Labute approximate surface area is 207 Å². The fraction of sp³-hybridized carbons (Fsp3) is 0.300. The highest BCUT2D eigenvalue weighted by Gasteiger charge is 2.57. The van der Waals surface area contributed by atoms with Gasteiger partial charge in [0.25, 0.3) is 0 Å². The molecule has 1 saturated heterocycles. The molecule has 5 nitrogen and oxygen atoms in total. The Kier molecular flexibility index (Phi) is 6.01. The van der Waals surface area contributed by atoms with Crippen molar-refractivity contribution in [2.75, 3.05) is 18.1 Å².